The van der Waals surface area contributed by atoms with E-state index < -0.39 is 11.5 Å². The molecule has 0 saturated heterocycles. The number of hydrogen-bond donors (Lipinski definition) is 2. The predicted molar refractivity (Wildman–Crippen MR) is 83.0 cm³/mol. The maximum atomic E-state index is 11.8. The van der Waals surface area contributed by atoms with E-state index in [1.54, 1.807) is 0 Å². The van der Waals surface area contributed by atoms with Gasteiger partial charge in [0.15, 0.2) is 0 Å². The Hall–Kier alpha value is -0.610. The standard InChI is InChI=1S/C16H32N2O2/c1-5-6-11-18(4)12-9-14-8-7-10-16(14,15(19)20)17-13(2)3/h13-14,17H,5-12H2,1-4H3,(H,19,20). The minimum atomic E-state index is -0.695. The summed E-state index contributed by atoms with van der Waals surface area (Å²) < 4.78 is 0. The molecule has 0 bridgehead atoms. The SMILES string of the molecule is CCCCN(C)CCC1CCCC1(NC(C)C)C(=O)O. The highest BCUT2D eigenvalue weighted by molar-refractivity contribution is 5.79. The molecular formula is C16H32N2O2. The monoisotopic (exact) mass is 284 g/mol. The van der Waals surface area contributed by atoms with Gasteiger partial charge in [-0.2, -0.15) is 0 Å². The van der Waals surface area contributed by atoms with Gasteiger partial charge in [-0.3, -0.25) is 10.1 Å². The molecule has 0 aromatic carbocycles. The zero-order valence-corrected chi connectivity index (χ0v) is 13.6. The highest BCUT2D eigenvalue weighted by Crippen LogP contribution is 2.38. The highest BCUT2D eigenvalue weighted by Gasteiger charge is 2.48. The number of nitrogens with one attached hydrogen (secondary N) is 1. The van der Waals surface area contributed by atoms with E-state index in [2.05, 4.69) is 24.2 Å². The van der Waals surface area contributed by atoms with Crippen LogP contribution >= 0.6 is 0 Å². The van der Waals surface area contributed by atoms with Gasteiger partial charge in [0.25, 0.3) is 0 Å². The molecule has 1 aliphatic carbocycles. The fourth-order valence-electron chi connectivity index (χ4n) is 3.43. The van der Waals surface area contributed by atoms with Crippen molar-refractivity contribution in [2.24, 2.45) is 5.92 Å². The molecule has 1 saturated carbocycles. The minimum Gasteiger partial charge on any atom is -0.480 e. The number of carboxylic acid groups (broad SMARTS) is 1. The van der Waals surface area contributed by atoms with Gasteiger partial charge in [0.2, 0.25) is 0 Å². The van der Waals surface area contributed by atoms with Crippen LogP contribution in [-0.4, -0.2) is 47.7 Å². The molecule has 2 N–H and O–H groups in total. The normalized spacial score (nSPS) is 26.6. The Morgan fingerprint density at radius 1 is 1.45 bits per heavy atom. The molecule has 0 spiro atoms. The largest absolute Gasteiger partial charge is 0.480 e. The third-order valence-corrected chi connectivity index (χ3v) is 4.50. The van der Waals surface area contributed by atoms with Crippen molar-refractivity contribution in [2.45, 2.75) is 70.9 Å². The number of carboxylic acids is 1. The molecule has 2 atom stereocenters. The van der Waals surface area contributed by atoms with Crippen LogP contribution < -0.4 is 5.32 Å². The maximum absolute atomic E-state index is 11.8. The molecule has 0 radical (unpaired) electrons. The fraction of sp³-hybridized carbons (Fsp3) is 0.938. The van der Waals surface area contributed by atoms with Gasteiger partial charge in [-0.05, 0) is 65.6 Å². The molecular weight excluding hydrogens is 252 g/mol. The van der Waals surface area contributed by atoms with Gasteiger partial charge < -0.3 is 10.0 Å². The van der Waals surface area contributed by atoms with E-state index in [1.807, 2.05) is 13.8 Å². The molecule has 2 unspecified atom stereocenters. The summed E-state index contributed by atoms with van der Waals surface area (Å²) in [5.74, 6) is -0.406. The second-order valence-electron chi connectivity index (χ2n) is 6.61. The molecule has 1 rings (SSSR count). The van der Waals surface area contributed by atoms with Crippen molar-refractivity contribution >= 4 is 5.97 Å². The summed E-state index contributed by atoms with van der Waals surface area (Å²) in [6.07, 6.45) is 6.23. The Kier molecular flexibility index (Phi) is 6.96. The van der Waals surface area contributed by atoms with Gasteiger partial charge in [-0.1, -0.05) is 19.8 Å². The minimum absolute atomic E-state index is 0.213. The lowest BCUT2D eigenvalue weighted by molar-refractivity contribution is -0.147. The van der Waals surface area contributed by atoms with Gasteiger partial charge in [0.1, 0.15) is 5.54 Å². The molecule has 0 aromatic heterocycles. The lowest BCUT2D eigenvalue weighted by Crippen LogP contribution is -2.57. The summed E-state index contributed by atoms with van der Waals surface area (Å²) in [7, 11) is 2.14. The molecule has 0 aromatic rings. The van der Waals surface area contributed by atoms with E-state index in [1.165, 1.54) is 12.8 Å². The van der Waals surface area contributed by atoms with Crippen molar-refractivity contribution in [3.8, 4) is 0 Å². The molecule has 4 nitrogen and oxygen atoms in total. The zero-order chi connectivity index (χ0) is 15.2. The Morgan fingerprint density at radius 3 is 2.70 bits per heavy atom. The van der Waals surface area contributed by atoms with Crippen molar-refractivity contribution in [3.05, 3.63) is 0 Å². The average molecular weight is 284 g/mol. The van der Waals surface area contributed by atoms with Crippen LogP contribution in [0.2, 0.25) is 0 Å². The lowest BCUT2D eigenvalue weighted by atomic mass is 9.83. The van der Waals surface area contributed by atoms with Crippen LogP contribution in [0.5, 0.6) is 0 Å². The van der Waals surface area contributed by atoms with Crippen LogP contribution in [0.1, 0.15) is 59.3 Å². The van der Waals surface area contributed by atoms with E-state index in [-0.39, 0.29) is 12.0 Å². The molecule has 1 aliphatic rings. The first kappa shape index (κ1) is 17.4. The smallest absolute Gasteiger partial charge is 0.324 e. The number of hydrogen-bond acceptors (Lipinski definition) is 3. The van der Waals surface area contributed by atoms with Crippen LogP contribution in [0, 0.1) is 5.92 Å². The van der Waals surface area contributed by atoms with Crippen molar-refractivity contribution in [2.75, 3.05) is 20.1 Å². The lowest BCUT2D eigenvalue weighted by Gasteiger charge is -2.35. The Bertz CT molecular complexity index is 307. The maximum Gasteiger partial charge on any atom is 0.324 e. The third-order valence-electron chi connectivity index (χ3n) is 4.50. The van der Waals surface area contributed by atoms with E-state index >= 15 is 0 Å². The molecule has 118 valence electrons. The van der Waals surface area contributed by atoms with Gasteiger partial charge in [0, 0.05) is 6.04 Å². The predicted octanol–water partition coefficient (Wildman–Crippen LogP) is 2.73. The average Bonchev–Trinajstić information content (AvgIpc) is 2.77. The quantitative estimate of drug-likeness (QED) is 0.683. The highest BCUT2D eigenvalue weighted by atomic mass is 16.4. The number of unbranched alkanes of at least 4 members (excludes halogenated alkanes) is 1. The van der Waals surface area contributed by atoms with Crippen molar-refractivity contribution in [3.63, 3.8) is 0 Å². The first-order chi connectivity index (χ1) is 9.42. The second kappa shape index (κ2) is 7.99. The Balaban J connectivity index is 2.59. The summed E-state index contributed by atoms with van der Waals surface area (Å²) in [6.45, 7) is 8.38. The van der Waals surface area contributed by atoms with Crippen LogP contribution in [0.4, 0.5) is 0 Å². The first-order valence-electron chi connectivity index (χ1n) is 8.12. The molecule has 20 heavy (non-hydrogen) atoms. The Labute approximate surface area is 123 Å². The third kappa shape index (κ3) is 4.45. The van der Waals surface area contributed by atoms with E-state index in [4.69, 9.17) is 0 Å². The topological polar surface area (TPSA) is 52.6 Å². The number of nitrogens with zero attached hydrogens (tertiary/aromatic N) is 1. The first-order valence-corrected chi connectivity index (χ1v) is 8.12. The molecule has 0 amide bonds. The van der Waals surface area contributed by atoms with Gasteiger partial charge in [-0.15, -0.1) is 0 Å². The van der Waals surface area contributed by atoms with Crippen molar-refractivity contribution in [1.29, 1.82) is 0 Å². The summed E-state index contributed by atoms with van der Waals surface area (Å²) in [5, 5.41) is 13.1. The molecule has 1 fully saturated rings. The van der Waals surface area contributed by atoms with Gasteiger partial charge >= 0.3 is 5.97 Å². The number of carbonyl (C=O) groups is 1. The van der Waals surface area contributed by atoms with E-state index in [9.17, 15) is 9.90 Å². The Morgan fingerprint density at radius 2 is 2.15 bits per heavy atom. The van der Waals surface area contributed by atoms with E-state index in [0.717, 1.165) is 38.8 Å². The summed E-state index contributed by atoms with van der Waals surface area (Å²) in [5.41, 5.74) is -0.695. The summed E-state index contributed by atoms with van der Waals surface area (Å²) in [4.78, 5) is 14.1. The fourth-order valence-corrected chi connectivity index (χ4v) is 3.43. The van der Waals surface area contributed by atoms with Crippen LogP contribution in [0.15, 0.2) is 0 Å². The molecule has 4 heteroatoms. The van der Waals surface area contributed by atoms with Crippen LogP contribution in [-0.2, 0) is 4.79 Å². The molecule has 0 aliphatic heterocycles. The van der Waals surface area contributed by atoms with Crippen LogP contribution in [0.3, 0.4) is 0 Å². The zero-order valence-electron chi connectivity index (χ0n) is 13.6. The number of aliphatic carboxylic acids is 1. The number of rotatable bonds is 9. The van der Waals surface area contributed by atoms with Gasteiger partial charge in [0.05, 0.1) is 0 Å². The van der Waals surface area contributed by atoms with E-state index in [0.29, 0.717) is 0 Å². The van der Waals surface area contributed by atoms with Crippen molar-refractivity contribution in [1.82, 2.24) is 10.2 Å². The second-order valence-corrected chi connectivity index (χ2v) is 6.61. The van der Waals surface area contributed by atoms with Gasteiger partial charge in [-0.25, -0.2) is 0 Å². The van der Waals surface area contributed by atoms with Crippen molar-refractivity contribution < 1.29 is 9.90 Å². The summed E-state index contributed by atoms with van der Waals surface area (Å²) >= 11 is 0. The molecule has 0 heterocycles. The van der Waals surface area contributed by atoms with Crippen LogP contribution in [0.25, 0.3) is 0 Å². The summed E-state index contributed by atoms with van der Waals surface area (Å²) in [6, 6.07) is 0.213.